The van der Waals surface area contributed by atoms with Gasteiger partial charge in [-0.25, -0.2) is 0 Å². The highest BCUT2D eigenvalue weighted by atomic mass is 32.2. The summed E-state index contributed by atoms with van der Waals surface area (Å²) in [6.45, 7) is 6.34. The molecule has 1 aliphatic rings. The molecule has 1 heterocycles. The first-order chi connectivity index (χ1) is 14.6. The van der Waals surface area contributed by atoms with Crippen LogP contribution in [0.1, 0.15) is 63.0 Å². The Morgan fingerprint density at radius 1 is 1.17 bits per heavy atom. The molecule has 0 bridgehead atoms. The van der Waals surface area contributed by atoms with Crippen LogP contribution in [0.5, 0.6) is 0 Å². The van der Waals surface area contributed by atoms with Crippen molar-refractivity contribution in [2.45, 2.75) is 58.2 Å². The maximum absolute atomic E-state index is 12.7. The van der Waals surface area contributed by atoms with Crippen molar-refractivity contribution in [2.24, 2.45) is 5.92 Å². The summed E-state index contributed by atoms with van der Waals surface area (Å²) in [6.07, 6.45) is 4.87. The molecule has 0 saturated carbocycles. The van der Waals surface area contributed by atoms with Gasteiger partial charge >= 0.3 is 0 Å². The second-order valence-electron chi connectivity index (χ2n) is 7.81. The number of nitrogens with one attached hydrogen (secondary N) is 1. The lowest BCUT2D eigenvalue weighted by Gasteiger charge is -2.25. The van der Waals surface area contributed by atoms with Crippen LogP contribution in [-0.4, -0.2) is 17.6 Å². The number of amides is 2. The molecule has 2 atom stereocenters. The van der Waals surface area contributed by atoms with Gasteiger partial charge in [-0.3, -0.25) is 14.5 Å². The Hall–Kier alpha value is -2.27. The SMILES string of the molecule is CCCC[C@H](CC)C(=O)Nc1cccc([C@@H]2SCC(=O)N2c2cccc(CC)c2)c1. The minimum absolute atomic E-state index is 0.0457. The van der Waals surface area contributed by atoms with Crippen LogP contribution >= 0.6 is 11.8 Å². The first-order valence-electron chi connectivity index (χ1n) is 11.0. The molecule has 0 aromatic heterocycles. The number of rotatable bonds is 9. The molecule has 2 aromatic rings. The lowest BCUT2D eigenvalue weighted by atomic mass is 9.98. The molecule has 5 heteroatoms. The van der Waals surface area contributed by atoms with E-state index in [1.54, 1.807) is 11.8 Å². The molecule has 1 saturated heterocycles. The molecule has 0 radical (unpaired) electrons. The molecule has 0 spiro atoms. The van der Waals surface area contributed by atoms with E-state index in [0.717, 1.165) is 49.0 Å². The number of carbonyl (C=O) groups excluding carboxylic acids is 2. The van der Waals surface area contributed by atoms with Gasteiger partial charge in [0.1, 0.15) is 5.37 Å². The van der Waals surface area contributed by atoms with Gasteiger partial charge in [-0.2, -0.15) is 0 Å². The summed E-state index contributed by atoms with van der Waals surface area (Å²) in [7, 11) is 0. The zero-order valence-electron chi connectivity index (χ0n) is 18.2. The smallest absolute Gasteiger partial charge is 0.238 e. The fourth-order valence-electron chi connectivity index (χ4n) is 3.86. The summed E-state index contributed by atoms with van der Waals surface area (Å²) in [5, 5.41) is 3.02. The Kier molecular flexibility index (Phi) is 7.97. The standard InChI is InChI=1S/C25H32N2O2S/c1-4-7-11-19(6-3)24(29)26-21-13-9-12-20(16-21)25-27(23(28)17-30-25)22-14-8-10-18(5-2)15-22/h8-10,12-16,19,25H,4-7,11,17H2,1-3H3,(H,26,29)/t19-,25-/m0/s1. The first-order valence-corrected chi connectivity index (χ1v) is 12.1. The maximum Gasteiger partial charge on any atom is 0.238 e. The third kappa shape index (κ3) is 5.25. The minimum Gasteiger partial charge on any atom is -0.326 e. The summed E-state index contributed by atoms with van der Waals surface area (Å²) < 4.78 is 0. The second-order valence-corrected chi connectivity index (χ2v) is 8.88. The predicted octanol–water partition coefficient (Wildman–Crippen LogP) is 6.18. The number of hydrogen-bond donors (Lipinski definition) is 1. The Bertz CT molecular complexity index is 883. The van der Waals surface area contributed by atoms with E-state index in [1.165, 1.54) is 5.56 Å². The third-order valence-electron chi connectivity index (χ3n) is 5.67. The van der Waals surface area contributed by atoms with Crippen LogP contribution in [0.4, 0.5) is 11.4 Å². The van der Waals surface area contributed by atoms with E-state index in [-0.39, 0.29) is 23.1 Å². The van der Waals surface area contributed by atoms with Gasteiger partial charge in [0.15, 0.2) is 0 Å². The number of benzene rings is 2. The lowest BCUT2D eigenvalue weighted by Crippen LogP contribution is -2.28. The number of thioether (sulfide) groups is 1. The van der Waals surface area contributed by atoms with Crippen molar-refractivity contribution >= 4 is 35.0 Å². The lowest BCUT2D eigenvalue weighted by molar-refractivity contribution is -0.120. The third-order valence-corrected chi connectivity index (χ3v) is 6.89. The van der Waals surface area contributed by atoms with E-state index in [4.69, 9.17) is 0 Å². The molecular weight excluding hydrogens is 392 g/mol. The average molecular weight is 425 g/mol. The minimum atomic E-state index is -0.0801. The molecule has 2 aromatic carbocycles. The summed E-state index contributed by atoms with van der Waals surface area (Å²) >= 11 is 1.63. The van der Waals surface area contributed by atoms with E-state index in [1.807, 2.05) is 41.3 Å². The highest BCUT2D eigenvalue weighted by molar-refractivity contribution is 8.00. The van der Waals surface area contributed by atoms with Crippen molar-refractivity contribution in [3.8, 4) is 0 Å². The van der Waals surface area contributed by atoms with Crippen LogP contribution in [0.3, 0.4) is 0 Å². The van der Waals surface area contributed by atoms with Crippen LogP contribution in [0.2, 0.25) is 0 Å². The molecule has 1 fully saturated rings. The number of unbranched alkanes of at least 4 members (excludes halogenated alkanes) is 1. The Balaban J connectivity index is 1.80. The van der Waals surface area contributed by atoms with Gasteiger partial charge in [0, 0.05) is 17.3 Å². The number of aryl methyl sites for hydroxylation is 1. The largest absolute Gasteiger partial charge is 0.326 e. The Labute approximate surface area is 184 Å². The first kappa shape index (κ1) is 22.4. The van der Waals surface area contributed by atoms with Crippen LogP contribution < -0.4 is 10.2 Å². The van der Waals surface area contributed by atoms with Gasteiger partial charge in [-0.05, 0) is 54.7 Å². The molecule has 1 N–H and O–H groups in total. The van der Waals surface area contributed by atoms with E-state index >= 15 is 0 Å². The van der Waals surface area contributed by atoms with Crippen molar-refractivity contribution in [1.82, 2.24) is 0 Å². The Morgan fingerprint density at radius 2 is 1.97 bits per heavy atom. The number of hydrogen-bond acceptors (Lipinski definition) is 3. The van der Waals surface area contributed by atoms with Crippen molar-refractivity contribution in [1.29, 1.82) is 0 Å². The summed E-state index contributed by atoms with van der Waals surface area (Å²) in [6, 6.07) is 16.1. The highest BCUT2D eigenvalue weighted by Gasteiger charge is 2.34. The van der Waals surface area contributed by atoms with Crippen molar-refractivity contribution in [2.75, 3.05) is 16.0 Å². The summed E-state index contributed by atoms with van der Waals surface area (Å²) in [5.74, 6) is 0.723. The molecule has 4 nitrogen and oxygen atoms in total. The second kappa shape index (κ2) is 10.7. The van der Waals surface area contributed by atoms with Crippen LogP contribution in [0.15, 0.2) is 48.5 Å². The van der Waals surface area contributed by atoms with Crippen LogP contribution in [0, 0.1) is 5.92 Å². The fraction of sp³-hybridized carbons (Fsp3) is 0.440. The highest BCUT2D eigenvalue weighted by Crippen LogP contribution is 2.42. The molecule has 3 rings (SSSR count). The number of carbonyl (C=O) groups is 2. The van der Waals surface area contributed by atoms with Gasteiger partial charge in [-0.1, -0.05) is 57.9 Å². The van der Waals surface area contributed by atoms with Gasteiger partial charge in [-0.15, -0.1) is 11.8 Å². The maximum atomic E-state index is 12.7. The van der Waals surface area contributed by atoms with E-state index < -0.39 is 0 Å². The average Bonchev–Trinajstić information content (AvgIpc) is 3.16. The summed E-state index contributed by atoms with van der Waals surface area (Å²) in [4.78, 5) is 27.3. The van der Waals surface area contributed by atoms with Crippen molar-refractivity contribution < 1.29 is 9.59 Å². The fourth-order valence-corrected chi connectivity index (χ4v) is 5.03. The quantitative estimate of drug-likeness (QED) is 0.523. The van der Waals surface area contributed by atoms with E-state index in [9.17, 15) is 9.59 Å². The van der Waals surface area contributed by atoms with Gasteiger partial charge in [0.25, 0.3) is 0 Å². The molecule has 0 unspecified atom stereocenters. The Morgan fingerprint density at radius 3 is 2.70 bits per heavy atom. The molecule has 1 aliphatic heterocycles. The topological polar surface area (TPSA) is 49.4 Å². The zero-order valence-corrected chi connectivity index (χ0v) is 19.0. The van der Waals surface area contributed by atoms with Crippen LogP contribution in [-0.2, 0) is 16.0 Å². The number of nitrogens with zero attached hydrogens (tertiary/aromatic N) is 1. The van der Waals surface area contributed by atoms with Crippen LogP contribution in [0.25, 0.3) is 0 Å². The van der Waals surface area contributed by atoms with Gasteiger partial charge in [0.05, 0.1) is 5.75 Å². The molecular formula is C25H32N2O2S. The molecule has 160 valence electrons. The van der Waals surface area contributed by atoms with Gasteiger partial charge < -0.3 is 5.32 Å². The van der Waals surface area contributed by atoms with Crippen molar-refractivity contribution in [3.63, 3.8) is 0 Å². The zero-order chi connectivity index (χ0) is 21.5. The van der Waals surface area contributed by atoms with E-state index in [0.29, 0.717) is 5.75 Å². The molecule has 30 heavy (non-hydrogen) atoms. The normalized spacial score (nSPS) is 17.2. The summed E-state index contributed by atoms with van der Waals surface area (Å²) in [5.41, 5.74) is 3.99. The predicted molar refractivity (Wildman–Crippen MR) is 127 cm³/mol. The van der Waals surface area contributed by atoms with E-state index in [2.05, 4.69) is 38.2 Å². The van der Waals surface area contributed by atoms with Crippen molar-refractivity contribution in [3.05, 3.63) is 59.7 Å². The number of anilines is 2. The van der Waals surface area contributed by atoms with Gasteiger partial charge in [0.2, 0.25) is 11.8 Å². The monoisotopic (exact) mass is 424 g/mol. The molecule has 0 aliphatic carbocycles. The molecule has 2 amide bonds.